The van der Waals surface area contributed by atoms with Crippen LogP contribution in [0.25, 0.3) is 0 Å². The summed E-state index contributed by atoms with van der Waals surface area (Å²) < 4.78 is 0. The molecule has 2 aromatic carbocycles. The van der Waals surface area contributed by atoms with E-state index in [-0.39, 0.29) is 30.4 Å². The summed E-state index contributed by atoms with van der Waals surface area (Å²) >= 11 is 0. The van der Waals surface area contributed by atoms with Crippen molar-refractivity contribution in [1.29, 1.82) is 0 Å². The molecule has 4 N–H and O–H groups in total. The molecular formula is C25H36N3O2+. The van der Waals surface area contributed by atoms with Gasteiger partial charge in [0.05, 0.1) is 6.54 Å². The first-order valence-corrected chi connectivity index (χ1v) is 10.7. The van der Waals surface area contributed by atoms with Crippen molar-refractivity contribution >= 4 is 17.5 Å². The summed E-state index contributed by atoms with van der Waals surface area (Å²) in [5, 5.41) is 7.66. The van der Waals surface area contributed by atoms with Crippen molar-refractivity contribution in [2.24, 2.45) is 5.92 Å². The molecule has 162 valence electrons. The van der Waals surface area contributed by atoms with Gasteiger partial charge in [-0.2, -0.15) is 0 Å². The number of benzene rings is 2. The van der Waals surface area contributed by atoms with Crippen LogP contribution in [-0.2, 0) is 16.0 Å². The van der Waals surface area contributed by atoms with E-state index in [0.29, 0.717) is 5.92 Å². The molecule has 30 heavy (non-hydrogen) atoms. The second-order valence-corrected chi connectivity index (χ2v) is 8.64. The lowest BCUT2D eigenvalue weighted by molar-refractivity contribution is -0.710. The summed E-state index contributed by atoms with van der Waals surface area (Å²) in [6.07, 6.45) is 1.07. The van der Waals surface area contributed by atoms with Crippen LogP contribution >= 0.6 is 0 Å². The molecule has 0 saturated heterocycles. The summed E-state index contributed by atoms with van der Waals surface area (Å²) in [6, 6.07) is 14.3. The highest BCUT2D eigenvalue weighted by atomic mass is 16.2. The van der Waals surface area contributed by atoms with Gasteiger partial charge in [-0.15, -0.1) is 0 Å². The summed E-state index contributed by atoms with van der Waals surface area (Å²) in [4.78, 5) is 24.7. The molecule has 5 heteroatoms. The molecule has 0 heterocycles. The van der Waals surface area contributed by atoms with Crippen LogP contribution in [0.4, 0.5) is 5.69 Å². The van der Waals surface area contributed by atoms with Crippen molar-refractivity contribution in [3.8, 4) is 0 Å². The van der Waals surface area contributed by atoms with E-state index in [1.54, 1.807) is 0 Å². The Morgan fingerprint density at radius 3 is 2.10 bits per heavy atom. The Balaban J connectivity index is 1.83. The van der Waals surface area contributed by atoms with Gasteiger partial charge in [0.2, 0.25) is 5.91 Å². The van der Waals surface area contributed by atoms with Gasteiger partial charge >= 0.3 is 0 Å². The number of aryl methyl sites for hydroxylation is 2. The highest BCUT2D eigenvalue weighted by molar-refractivity contribution is 5.96. The predicted molar refractivity (Wildman–Crippen MR) is 122 cm³/mol. The number of nitrogens with two attached hydrogens (primary N) is 1. The predicted octanol–water partition coefficient (Wildman–Crippen LogP) is 3.27. The van der Waals surface area contributed by atoms with Gasteiger partial charge in [0.25, 0.3) is 5.91 Å². The maximum absolute atomic E-state index is 12.5. The average Bonchev–Trinajstić information content (AvgIpc) is 2.69. The zero-order chi connectivity index (χ0) is 22.3. The minimum absolute atomic E-state index is 0.0386. The number of hydrogen-bond donors (Lipinski definition) is 3. The van der Waals surface area contributed by atoms with Crippen molar-refractivity contribution in [3.05, 3.63) is 64.7 Å². The highest BCUT2D eigenvalue weighted by Crippen LogP contribution is 2.19. The van der Waals surface area contributed by atoms with Crippen molar-refractivity contribution < 1.29 is 14.9 Å². The van der Waals surface area contributed by atoms with Gasteiger partial charge in [-0.3, -0.25) is 9.59 Å². The molecular weight excluding hydrogens is 374 g/mol. The Labute approximate surface area is 180 Å². The topological polar surface area (TPSA) is 74.8 Å². The standard InChI is InChI=1S/C25H35N3O2/c1-16(2)14-21-10-12-22(13-11-21)19(5)27-20(6)25(30)26-15-23(29)28-24-17(3)8-7-9-18(24)4/h7-13,16,19-20,27H,14-15H2,1-6H3,(H,26,30)(H,28,29)/p+1/t19-,20+/m1/s1. The Morgan fingerprint density at radius 1 is 0.933 bits per heavy atom. The van der Waals surface area contributed by atoms with Gasteiger partial charge in [0.1, 0.15) is 6.04 Å². The van der Waals surface area contributed by atoms with Gasteiger partial charge in [0.15, 0.2) is 6.04 Å². The lowest BCUT2D eigenvalue weighted by atomic mass is 9.99. The number of para-hydroxylation sites is 1. The second-order valence-electron chi connectivity index (χ2n) is 8.64. The van der Waals surface area contributed by atoms with Gasteiger partial charge < -0.3 is 16.0 Å². The summed E-state index contributed by atoms with van der Waals surface area (Å²) in [6.45, 7) is 12.3. The molecule has 5 nitrogen and oxygen atoms in total. The molecule has 0 spiro atoms. The number of carbonyl (C=O) groups excluding carboxylic acids is 2. The number of carbonyl (C=O) groups is 2. The van der Waals surface area contributed by atoms with Gasteiger partial charge in [-0.1, -0.05) is 56.3 Å². The smallest absolute Gasteiger partial charge is 0.278 e. The monoisotopic (exact) mass is 410 g/mol. The zero-order valence-corrected chi connectivity index (χ0v) is 19.1. The van der Waals surface area contributed by atoms with E-state index in [9.17, 15) is 9.59 Å². The normalized spacial score (nSPS) is 13.0. The van der Waals surface area contributed by atoms with Crippen LogP contribution in [0.5, 0.6) is 0 Å². The SMILES string of the molecule is Cc1cccc(C)c1NC(=O)CNC(=O)[C@H](C)[NH2+][C@H](C)c1ccc(CC(C)C)cc1. The molecule has 0 aliphatic rings. The Morgan fingerprint density at radius 2 is 1.53 bits per heavy atom. The van der Waals surface area contributed by atoms with Crippen LogP contribution in [0, 0.1) is 19.8 Å². The number of nitrogens with one attached hydrogen (secondary N) is 2. The van der Waals surface area contributed by atoms with Crippen molar-refractivity contribution in [2.75, 3.05) is 11.9 Å². The lowest BCUT2D eigenvalue weighted by Gasteiger charge is -2.17. The molecule has 2 rings (SSSR count). The van der Waals surface area contributed by atoms with Crippen LogP contribution in [0.2, 0.25) is 0 Å². The molecule has 0 aromatic heterocycles. The van der Waals surface area contributed by atoms with E-state index in [1.807, 2.05) is 44.3 Å². The molecule has 2 amide bonds. The maximum Gasteiger partial charge on any atom is 0.278 e. The van der Waals surface area contributed by atoms with Crippen LogP contribution in [0.3, 0.4) is 0 Å². The molecule has 2 atom stereocenters. The molecule has 0 radical (unpaired) electrons. The Hall–Kier alpha value is -2.66. The first kappa shape index (κ1) is 23.6. The summed E-state index contributed by atoms with van der Waals surface area (Å²) in [7, 11) is 0. The zero-order valence-electron chi connectivity index (χ0n) is 19.1. The molecule has 0 saturated carbocycles. The maximum atomic E-state index is 12.5. The fraction of sp³-hybridized carbons (Fsp3) is 0.440. The van der Waals surface area contributed by atoms with E-state index in [2.05, 4.69) is 55.7 Å². The molecule has 0 fully saturated rings. The quantitative estimate of drug-likeness (QED) is 0.593. The van der Waals surface area contributed by atoms with E-state index < -0.39 is 0 Å². The van der Waals surface area contributed by atoms with Crippen LogP contribution in [-0.4, -0.2) is 24.4 Å². The fourth-order valence-electron chi connectivity index (χ4n) is 3.58. The van der Waals surface area contributed by atoms with Gasteiger partial charge in [-0.05, 0) is 56.7 Å². The van der Waals surface area contributed by atoms with E-state index >= 15 is 0 Å². The van der Waals surface area contributed by atoms with Gasteiger partial charge in [-0.25, -0.2) is 0 Å². The first-order valence-electron chi connectivity index (χ1n) is 10.7. The molecule has 2 aromatic rings. The van der Waals surface area contributed by atoms with Gasteiger partial charge in [0, 0.05) is 11.3 Å². The van der Waals surface area contributed by atoms with E-state index in [1.165, 1.54) is 11.1 Å². The highest BCUT2D eigenvalue weighted by Gasteiger charge is 2.21. The minimum atomic E-state index is -0.289. The number of hydrogen-bond acceptors (Lipinski definition) is 2. The lowest BCUT2D eigenvalue weighted by Crippen LogP contribution is -2.92. The molecule has 0 bridgehead atoms. The fourth-order valence-corrected chi connectivity index (χ4v) is 3.58. The number of anilines is 1. The van der Waals surface area contributed by atoms with E-state index in [4.69, 9.17) is 0 Å². The third kappa shape index (κ3) is 6.99. The van der Waals surface area contributed by atoms with Crippen LogP contribution < -0.4 is 16.0 Å². The second kappa shape index (κ2) is 10.9. The van der Waals surface area contributed by atoms with Crippen molar-refractivity contribution in [2.45, 2.75) is 60.0 Å². The third-order valence-electron chi connectivity index (χ3n) is 5.31. The number of rotatable bonds is 9. The minimum Gasteiger partial charge on any atom is -0.342 e. The summed E-state index contributed by atoms with van der Waals surface area (Å²) in [5.74, 6) is 0.271. The van der Waals surface area contributed by atoms with Crippen molar-refractivity contribution in [1.82, 2.24) is 5.32 Å². The first-order chi connectivity index (χ1) is 14.2. The van der Waals surface area contributed by atoms with Crippen LogP contribution in [0.15, 0.2) is 42.5 Å². The number of amides is 2. The third-order valence-corrected chi connectivity index (χ3v) is 5.31. The number of quaternary nitrogens is 1. The van der Waals surface area contributed by atoms with E-state index in [0.717, 1.165) is 23.2 Å². The Kier molecular flexibility index (Phi) is 8.60. The molecule has 0 aliphatic heterocycles. The molecule has 0 unspecified atom stereocenters. The van der Waals surface area contributed by atoms with Crippen molar-refractivity contribution in [3.63, 3.8) is 0 Å². The molecule has 0 aliphatic carbocycles. The van der Waals surface area contributed by atoms with Crippen LogP contribution in [0.1, 0.15) is 56.0 Å². The largest absolute Gasteiger partial charge is 0.342 e. The average molecular weight is 411 g/mol. The summed E-state index contributed by atoms with van der Waals surface area (Å²) in [5.41, 5.74) is 5.34. The Bertz CT molecular complexity index is 839.